The van der Waals surface area contributed by atoms with Crippen molar-refractivity contribution in [1.29, 1.82) is 5.26 Å². The first-order valence-corrected chi connectivity index (χ1v) is 10.1. The highest BCUT2D eigenvalue weighted by Gasteiger charge is 2.32. The quantitative estimate of drug-likeness (QED) is 0.695. The standard InChI is InChI=1S/C21H29N5O4/c1-15-12-24(13-19(30-15)21(23)28)14-20(27)26-9-7-25(8-10-26)18(11-22)16-3-5-17(29-2)6-4-16/h3-6,15,18-19H,7-10,12-14H2,1-2H3,(H2,23,28)/t15-,18-,19-/m1/s1. The number of nitriles is 1. The zero-order valence-corrected chi connectivity index (χ0v) is 17.5. The van der Waals surface area contributed by atoms with Crippen molar-refractivity contribution < 1.29 is 19.1 Å². The Hall–Kier alpha value is -2.67. The molecule has 0 aromatic heterocycles. The van der Waals surface area contributed by atoms with Crippen molar-refractivity contribution in [1.82, 2.24) is 14.7 Å². The maximum atomic E-state index is 12.8. The summed E-state index contributed by atoms with van der Waals surface area (Å²) in [5.74, 6) is 0.264. The van der Waals surface area contributed by atoms with E-state index in [1.807, 2.05) is 41.0 Å². The molecule has 1 aromatic carbocycles. The number of amides is 2. The minimum Gasteiger partial charge on any atom is -0.497 e. The molecule has 0 spiro atoms. The van der Waals surface area contributed by atoms with Gasteiger partial charge in [0, 0.05) is 39.3 Å². The summed E-state index contributed by atoms with van der Waals surface area (Å²) < 4.78 is 10.7. The van der Waals surface area contributed by atoms with Crippen molar-refractivity contribution in [3.05, 3.63) is 29.8 Å². The van der Waals surface area contributed by atoms with Gasteiger partial charge in [0.15, 0.2) is 0 Å². The van der Waals surface area contributed by atoms with E-state index in [9.17, 15) is 14.9 Å². The maximum absolute atomic E-state index is 12.8. The molecule has 9 nitrogen and oxygen atoms in total. The number of piperazine rings is 1. The molecule has 30 heavy (non-hydrogen) atoms. The molecule has 2 heterocycles. The van der Waals surface area contributed by atoms with Crippen LogP contribution in [0.3, 0.4) is 0 Å². The Labute approximate surface area is 176 Å². The molecule has 0 unspecified atom stereocenters. The van der Waals surface area contributed by atoms with Gasteiger partial charge in [-0.1, -0.05) is 12.1 Å². The molecular formula is C21H29N5O4. The van der Waals surface area contributed by atoms with E-state index in [-0.39, 0.29) is 24.6 Å². The third-order valence-corrected chi connectivity index (χ3v) is 5.60. The van der Waals surface area contributed by atoms with Gasteiger partial charge in [-0.05, 0) is 24.6 Å². The van der Waals surface area contributed by atoms with Crippen LogP contribution in [0.1, 0.15) is 18.5 Å². The van der Waals surface area contributed by atoms with Crippen molar-refractivity contribution >= 4 is 11.8 Å². The van der Waals surface area contributed by atoms with Crippen molar-refractivity contribution in [2.45, 2.75) is 25.2 Å². The summed E-state index contributed by atoms with van der Waals surface area (Å²) in [5.41, 5.74) is 6.28. The number of methoxy groups -OCH3 is 1. The molecule has 0 radical (unpaired) electrons. The van der Waals surface area contributed by atoms with Gasteiger partial charge in [0.2, 0.25) is 11.8 Å². The molecule has 9 heteroatoms. The largest absolute Gasteiger partial charge is 0.497 e. The van der Waals surface area contributed by atoms with Crippen LogP contribution >= 0.6 is 0 Å². The fourth-order valence-electron chi connectivity index (χ4n) is 4.00. The van der Waals surface area contributed by atoms with Gasteiger partial charge in [0.1, 0.15) is 17.9 Å². The topological polar surface area (TPSA) is 112 Å². The summed E-state index contributed by atoms with van der Waals surface area (Å²) in [7, 11) is 1.61. The molecule has 2 saturated heterocycles. The molecule has 0 aliphatic carbocycles. The molecule has 2 fully saturated rings. The van der Waals surface area contributed by atoms with Crippen LogP contribution in [0.4, 0.5) is 0 Å². The van der Waals surface area contributed by atoms with Crippen molar-refractivity contribution in [2.75, 3.05) is 52.9 Å². The van der Waals surface area contributed by atoms with Gasteiger partial charge in [-0.2, -0.15) is 5.26 Å². The van der Waals surface area contributed by atoms with Crippen LogP contribution in [-0.2, 0) is 14.3 Å². The third kappa shape index (κ3) is 5.27. The molecular weight excluding hydrogens is 386 g/mol. The third-order valence-electron chi connectivity index (χ3n) is 5.60. The lowest BCUT2D eigenvalue weighted by molar-refractivity contribution is -0.147. The highest BCUT2D eigenvalue weighted by atomic mass is 16.5. The lowest BCUT2D eigenvalue weighted by Gasteiger charge is -2.39. The predicted octanol–water partition coefficient (Wildman–Crippen LogP) is -0.0213. The molecule has 2 aliphatic rings. The number of benzene rings is 1. The van der Waals surface area contributed by atoms with Gasteiger partial charge in [-0.25, -0.2) is 0 Å². The number of morpholine rings is 1. The van der Waals surface area contributed by atoms with Crippen LogP contribution in [0.25, 0.3) is 0 Å². The van der Waals surface area contributed by atoms with Gasteiger partial charge in [-0.15, -0.1) is 0 Å². The number of hydrogen-bond donors (Lipinski definition) is 1. The van der Waals surface area contributed by atoms with E-state index in [0.29, 0.717) is 39.3 Å². The summed E-state index contributed by atoms with van der Waals surface area (Å²) in [6.45, 7) is 5.39. The van der Waals surface area contributed by atoms with Crippen LogP contribution < -0.4 is 10.5 Å². The predicted molar refractivity (Wildman–Crippen MR) is 109 cm³/mol. The summed E-state index contributed by atoms with van der Waals surface area (Å²) in [5, 5.41) is 9.68. The monoisotopic (exact) mass is 415 g/mol. The first kappa shape index (κ1) is 22.0. The minimum atomic E-state index is -0.681. The van der Waals surface area contributed by atoms with Crippen LogP contribution in [0.15, 0.2) is 24.3 Å². The Kier molecular flexibility index (Phi) is 7.26. The van der Waals surface area contributed by atoms with Crippen molar-refractivity contribution in [3.63, 3.8) is 0 Å². The Bertz CT molecular complexity index is 786. The number of ether oxygens (including phenoxy) is 2. The van der Waals surface area contributed by atoms with Crippen molar-refractivity contribution in [2.24, 2.45) is 5.73 Å². The molecule has 162 valence electrons. The number of rotatable bonds is 6. The average Bonchev–Trinajstić information content (AvgIpc) is 2.74. The second-order valence-corrected chi connectivity index (χ2v) is 7.75. The summed E-state index contributed by atoms with van der Waals surface area (Å²) in [6.07, 6.45) is -0.832. The fraction of sp³-hybridized carbons (Fsp3) is 0.571. The molecule has 2 amide bonds. The lowest BCUT2D eigenvalue weighted by atomic mass is 10.1. The molecule has 2 N–H and O–H groups in total. The number of hydrogen-bond acceptors (Lipinski definition) is 7. The van der Waals surface area contributed by atoms with Crippen LogP contribution in [0, 0.1) is 11.3 Å². The average molecular weight is 415 g/mol. The first-order valence-electron chi connectivity index (χ1n) is 10.1. The second kappa shape index (κ2) is 9.89. The van der Waals surface area contributed by atoms with Gasteiger partial charge < -0.3 is 20.1 Å². The van der Waals surface area contributed by atoms with Crippen molar-refractivity contribution in [3.8, 4) is 11.8 Å². The summed E-state index contributed by atoms with van der Waals surface area (Å²) in [6, 6.07) is 9.52. The van der Waals surface area contributed by atoms with Crippen LogP contribution in [-0.4, -0.2) is 91.6 Å². The highest BCUT2D eigenvalue weighted by Crippen LogP contribution is 2.24. The molecule has 3 rings (SSSR count). The van der Waals surface area contributed by atoms with E-state index < -0.39 is 12.0 Å². The normalized spacial score (nSPS) is 24.1. The smallest absolute Gasteiger partial charge is 0.247 e. The van der Waals surface area contributed by atoms with E-state index in [4.69, 9.17) is 15.2 Å². The molecule has 2 aliphatic heterocycles. The van der Waals surface area contributed by atoms with Crippen LogP contribution in [0.5, 0.6) is 5.75 Å². The van der Waals surface area contributed by atoms with E-state index in [1.54, 1.807) is 7.11 Å². The van der Waals surface area contributed by atoms with Gasteiger partial charge in [0.05, 0.1) is 25.8 Å². The van der Waals surface area contributed by atoms with Crippen LogP contribution in [0.2, 0.25) is 0 Å². The zero-order chi connectivity index (χ0) is 21.7. The highest BCUT2D eigenvalue weighted by molar-refractivity contribution is 5.80. The second-order valence-electron chi connectivity index (χ2n) is 7.75. The summed E-state index contributed by atoms with van der Waals surface area (Å²) in [4.78, 5) is 30.0. The lowest BCUT2D eigenvalue weighted by Crippen LogP contribution is -2.56. The Morgan fingerprint density at radius 2 is 1.90 bits per heavy atom. The number of carbonyl (C=O) groups is 2. The molecule has 1 aromatic rings. The van der Waals surface area contributed by atoms with E-state index in [2.05, 4.69) is 11.0 Å². The summed E-state index contributed by atoms with van der Waals surface area (Å²) >= 11 is 0. The SMILES string of the molecule is COc1ccc([C@@H](C#N)N2CCN(C(=O)CN3C[C@@H](C)O[C@@H](C(N)=O)C3)CC2)cc1. The number of carbonyl (C=O) groups excluding carboxylic acids is 2. The number of nitrogens with zero attached hydrogens (tertiary/aromatic N) is 4. The Morgan fingerprint density at radius 3 is 2.47 bits per heavy atom. The number of nitrogens with two attached hydrogens (primary N) is 1. The zero-order valence-electron chi connectivity index (χ0n) is 17.5. The van der Waals surface area contributed by atoms with Gasteiger partial charge >= 0.3 is 0 Å². The number of primary amides is 1. The Balaban J connectivity index is 1.53. The maximum Gasteiger partial charge on any atom is 0.247 e. The Morgan fingerprint density at radius 1 is 1.23 bits per heavy atom. The van der Waals surface area contributed by atoms with E-state index in [1.165, 1.54) is 0 Å². The van der Waals surface area contributed by atoms with Gasteiger partial charge in [-0.3, -0.25) is 19.4 Å². The van der Waals surface area contributed by atoms with E-state index >= 15 is 0 Å². The molecule has 3 atom stereocenters. The molecule has 0 saturated carbocycles. The minimum absolute atomic E-state index is 0.0184. The van der Waals surface area contributed by atoms with Gasteiger partial charge in [0.25, 0.3) is 0 Å². The van der Waals surface area contributed by atoms with E-state index in [0.717, 1.165) is 11.3 Å². The fourth-order valence-corrected chi connectivity index (χ4v) is 4.00. The first-order chi connectivity index (χ1) is 14.4. The molecule has 0 bridgehead atoms.